The van der Waals surface area contributed by atoms with E-state index in [1.54, 1.807) is 0 Å². The van der Waals surface area contributed by atoms with Gasteiger partial charge in [0.05, 0.1) is 6.42 Å². The van der Waals surface area contributed by atoms with Crippen molar-refractivity contribution in [3.8, 4) is 0 Å². The summed E-state index contributed by atoms with van der Waals surface area (Å²) < 4.78 is 11.3. The number of Topliss-reactive ketones (excluding diaryl/α,β-unsaturated/α-hetero) is 1. The summed E-state index contributed by atoms with van der Waals surface area (Å²) in [5, 5.41) is 0. The predicted molar refractivity (Wildman–Crippen MR) is 105 cm³/mol. The zero-order valence-corrected chi connectivity index (χ0v) is 17.8. The maximum absolute atomic E-state index is 12.9. The Balaban J connectivity index is 1.59. The highest BCUT2D eigenvalue weighted by molar-refractivity contribution is 5.97. The van der Waals surface area contributed by atoms with Crippen molar-refractivity contribution in [2.75, 3.05) is 0 Å². The van der Waals surface area contributed by atoms with Gasteiger partial charge in [-0.1, -0.05) is 34.3 Å². The SMILES string of the molecule is C=C(CC(=O)OC1C(=O)C2(C)CCC1C2(C)CC)C(=O)OC1(CC)CCCC1. The quantitative estimate of drug-likeness (QED) is 0.472. The summed E-state index contributed by atoms with van der Waals surface area (Å²) >= 11 is 0. The molecule has 0 N–H and O–H groups in total. The summed E-state index contributed by atoms with van der Waals surface area (Å²) in [5.41, 5.74) is -0.878. The summed E-state index contributed by atoms with van der Waals surface area (Å²) in [7, 11) is 0. The highest BCUT2D eigenvalue weighted by Gasteiger charge is 2.68. The third-order valence-corrected chi connectivity index (χ3v) is 8.31. The number of rotatable bonds is 7. The number of carbonyl (C=O) groups excluding carboxylic acids is 3. The van der Waals surface area contributed by atoms with Crippen molar-refractivity contribution in [3.63, 3.8) is 0 Å². The molecular formula is C23H34O5. The van der Waals surface area contributed by atoms with E-state index in [-0.39, 0.29) is 29.1 Å². The number of fused-ring (bicyclic) bond motifs is 2. The topological polar surface area (TPSA) is 69.7 Å². The number of hydrogen-bond acceptors (Lipinski definition) is 5. The molecule has 0 aromatic heterocycles. The molecule has 3 saturated carbocycles. The molecule has 156 valence electrons. The lowest BCUT2D eigenvalue weighted by molar-refractivity contribution is -0.161. The second-order valence-corrected chi connectivity index (χ2v) is 9.44. The summed E-state index contributed by atoms with van der Waals surface area (Å²) in [4.78, 5) is 37.9. The number of ketones is 1. The normalized spacial score (nSPS) is 35.8. The van der Waals surface area contributed by atoms with Crippen molar-refractivity contribution in [1.82, 2.24) is 0 Å². The van der Waals surface area contributed by atoms with Gasteiger partial charge in [0.25, 0.3) is 0 Å². The second-order valence-electron chi connectivity index (χ2n) is 9.44. The fourth-order valence-electron chi connectivity index (χ4n) is 5.88. The number of carbonyl (C=O) groups is 3. The maximum atomic E-state index is 12.9. The molecule has 0 radical (unpaired) electrons. The Kier molecular flexibility index (Phi) is 5.50. The van der Waals surface area contributed by atoms with E-state index in [1.165, 1.54) is 0 Å². The van der Waals surface area contributed by atoms with Crippen molar-refractivity contribution in [1.29, 1.82) is 0 Å². The van der Waals surface area contributed by atoms with E-state index in [4.69, 9.17) is 9.47 Å². The van der Waals surface area contributed by atoms with Crippen molar-refractivity contribution in [2.45, 2.75) is 97.2 Å². The Bertz CT molecular complexity index is 689. The van der Waals surface area contributed by atoms with Crippen LogP contribution in [-0.2, 0) is 23.9 Å². The van der Waals surface area contributed by atoms with E-state index in [0.29, 0.717) is 0 Å². The van der Waals surface area contributed by atoms with E-state index in [2.05, 4.69) is 20.4 Å². The highest BCUT2D eigenvalue weighted by Crippen LogP contribution is 2.65. The Hall–Kier alpha value is -1.65. The second kappa shape index (κ2) is 7.31. The molecule has 4 atom stereocenters. The summed E-state index contributed by atoms with van der Waals surface area (Å²) in [6.45, 7) is 12.0. The zero-order valence-electron chi connectivity index (χ0n) is 17.8. The first-order chi connectivity index (χ1) is 13.1. The first kappa shape index (κ1) is 21.1. The van der Waals surface area contributed by atoms with Gasteiger partial charge in [0.15, 0.2) is 11.9 Å². The number of esters is 2. The van der Waals surface area contributed by atoms with E-state index in [1.807, 2.05) is 13.8 Å². The number of hydrogen-bond donors (Lipinski definition) is 0. The minimum atomic E-state index is -0.697. The average molecular weight is 391 g/mol. The molecule has 3 aliphatic rings. The van der Waals surface area contributed by atoms with Gasteiger partial charge in [-0.2, -0.15) is 0 Å². The first-order valence-corrected chi connectivity index (χ1v) is 10.8. The Morgan fingerprint density at radius 3 is 2.29 bits per heavy atom. The van der Waals surface area contributed by atoms with Crippen molar-refractivity contribution < 1.29 is 23.9 Å². The fraction of sp³-hybridized carbons (Fsp3) is 0.783. The zero-order chi connectivity index (χ0) is 20.7. The standard InChI is InChI=1S/C23H34O5/c1-6-21(4)16-10-13-22(21,5)19(25)18(16)27-17(24)14-15(3)20(26)28-23(7-2)11-8-9-12-23/h16,18H,3,6-14H2,1-2,4-5H3. The lowest BCUT2D eigenvalue weighted by atomic mass is 9.67. The molecule has 5 heteroatoms. The molecule has 0 spiro atoms. The van der Waals surface area contributed by atoms with Crippen LogP contribution < -0.4 is 0 Å². The summed E-state index contributed by atoms with van der Waals surface area (Å²) in [5.74, 6) is -0.997. The molecule has 3 fully saturated rings. The molecule has 3 rings (SSSR count). The largest absolute Gasteiger partial charge is 0.456 e. The van der Waals surface area contributed by atoms with Crippen molar-refractivity contribution in [2.24, 2.45) is 16.7 Å². The van der Waals surface area contributed by atoms with Crippen LogP contribution in [0.5, 0.6) is 0 Å². The van der Waals surface area contributed by atoms with Crippen LogP contribution >= 0.6 is 0 Å². The molecule has 0 heterocycles. The van der Waals surface area contributed by atoms with Crippen LogP contribution in [0.15, 0.2) is 12.2 Å². The van der Waals surface area contributed by atoms with E-state index >= 15 is 0 Å². The van der Waals surface area contributed by atoms with Gasteiger partial charge in [-0.05, 0) is 56.8 Å². The Morgan fingerprint density at radius 2 is 1.75 bits per heavy atom. The molecular weight excluding hydrogens is 356 g/mol. The van der Waals surface area contributed by atoms with Crippen molar-refractivity contribution in [3.05, 3.63) is 12.2 Å². The Morgan fingerprint density at radius 1 is 1.11 bits per heavy atom. The van der Waals surface area contributed by atoms with Gasteiger partial charge in [0.1, 0.15) is 5.60 Å². The fourth-order valence-corrected chi connectivity index (χ4v) is 5.88. The van der Waals surface area contributed by atoms with Crippen LogP contribution in [-0.4, -0.2) is 29.4 Å². The molecule has 0 saturated heterocycles. The molecule has 28 heavy (non-hydrogen) atoms. The van der Waals surface area contributed by atoms with Gasteiger partial charge in [-0.25, -0.2) is 4.79 Å². The van der Waals surface area contributed by atoms with Gasteiger partial charge in [0, 0.05) is 16.9 Å². The molecule has 0 aliphatic heterocycles. The lowest BCUT2D eigenvalue weighted by Crippen LogP contribution is -2.37. The molecule has 0 aromatic carbocycles. The lowest BCUT2D eigenvalue weighted by Gasteiger charge is -2.34. The minimum Gasteiger partial charge on any atom is -0.456 e. The highest BCUT2D eigenvalue weighted by atomic mass is 16.6. The monoisotopic (exact) mass is 390 g/mol. The van der Waals surface area contributed by atoms with Gasteiger partial charge >= 0.3 is 11.9 Å². The molecule has 5 nitrogen and oxygen atoms in total. The average Bonchev–Trinajstić information content (AvgIpc) is 3.27. The van der Waals surface area contributed by atoms with Crippen LogP contribution in [0.2, 0.25) is 0 Å². The van der Waals surface area contributed by atoms with Gasteiger partial charge in [-0.3, -0.25) is 9.59 Å². The molecule has 0 aromatic rings. The van der Waals surface area contributed by atoms with Crippen LogP contribution in [0, 0.1) is 16.7 Å². The smallest absolute Gasteiger partial charge is 0.334 e. The molecule has 3 aliphatic carbocycles. The number of ether oxygens (including phenoxy) is 2. The van der Waals surface area contributed by atoms with Gasteiger partial charge in [0.2, 0.25) is 0 Å². The van der Waals surface area contributed by atoms with E-state index < -0.39 is 29.1 Å². The third kappa shape index (κ3) is 3.11. The molecule has 2 bridgehead atoms. The van der Waals surface area contributed by atoms with Crippen LogP contribution in [0.1, 0.15) is 85.5 Å². The van der Waals surface area contributed by atoms with Crippen molar-refractivity contribution >= 4 is 17.7 Å². The van der Waals surface area contributed by atoms with Crippen LogP contribution in [0.4, 0.5) is 0 Å². The first-order valence-electron chi connectivity index (χ1n) is 10.8. The summed E-state index contributed by atoms with van der Waals surface area (Å²) in [6.07, 6.45) is 6.30. The van der Waals surface area contributed by atoms with Crippen LogP contribution in [0.3, 0.4) is 0 Å². The van der Waals surface area contributed by atoms with E-state index in [0.717, 1.165) is 51.4 Å². The van der Waals surface area contributed by atoms with Gasteiger partial charge < -0.3 is 9.47 Å². The molecule has 4 unspecified atom stereocenters. The van der Waals surface area contributed by atoms with Crippen LogP contribution in [0.25, 0.3) is 0 Å². The molecule has 0 amide bonds. The van der Waals surface area contributed by atoms with E-state index in [9.17, 15) is 14.4 Å². The Labute approximate surface area is 168 Å². The van der Waals surface area contributed by atoms with Gasteiger partial charge in [-0.15, -0.1) is 0 Å². The third-order valence-electron chi connectivity index (χ3n) is 8.31. The minimum absolute atomic E-state index is 0.0329. The predicted octanol–water partition coefficient (Wildman–Crippen LogP) is 4.53. The summed E-state index contributed by atoms with van der Waals surface area (Å²) in [6, 6.07) is 0. The maximum Gasteiger partial charge on any atom is 0.334 e.